The second-order valence-corrected chi connectivity index (χ2v) is 4.46. The SMILES string of the molecule is Cc1ccccc1CSc1ncc(N)cn1. The van der Waals surface area contributed by atoms with Crippen LogP contribution in [0.1, 0.15) is 11.1 Å². The van der Waals surface area contributed by atoms with Crippen LogP contribution in [-0.2, 0) is 5.75 Å². The molecule has 1 aromatic heterocycles. The smallest absolute Gasteiger partial charge is 0.187 e. The van der Waals surface area contributed by atoms with E-state index in [1.165, 1.54) is 11.1 Å². The number of nitrogens with two attached hydrogens (primary N) is 1. The van der Waals surface area contributed by atoms with E-state index in [1.54, 1.807) is 24.2 Å². The third-order valence-corrected chi connectivity index (χ3v) is 3.19. The van der Waals surface area contributed by atoms with Crippen LogP contribution in [0.5, 0.6) is 0 Å². The molecule has 2 N–H and O–H groups in total. The fourth-order valence-electron chi connectivity index (χ4n) is 1.32. The van der Waals surface area contributed by atoms with E-state index in [-0.39, 0.29) is 0 Å². The largest absolute Gasteiger partial charge is 0.396 e. The van der Waals surface area contributed by atoms with Crippen LogP contribution in [0.15, 0.2) is 41.8 Å². The van der Waals surface area contributed by atoms with E-state index in [1.807, 2.05) is 12.1 Å². The Balaban J connectivity index is 2.02. The number of anilines is 1. The molecule has 0 spiro atoms. The monoisotopic (exact) mass is 231 g/mol. The summed E-state index contributed by atoms with van der Waals surface area (Å²) in [7, 11) is 0. The van der Waals surface area contributed by atoms with Crippen molar-refractivity contribution in [1.82, 2.24) is 9.97 Å². The van der Waals surface area contributed by atoms with E-state index in [2.05, 4.69) is 29.0 Å². The summed E-state index contributed by atoms with van der Waals surface area (Å²) in [6, 6.07) is 8.33. The maximum atomic E-state index is 5.52. The predicted octanol–water partition coefficient (Wildman–Crippen LogP) is 2.66. The summed E-state index contributed by atoms with van der Waals surface area (Å²) in [6.45, 7) is 2.11. The highest BCUT2D eigenvalue weighted by Gasteiger charge is 2.00. The van der Waals surface area contributed by atoms with Crippen LogP contribution in [-0.4, -0.2) is 9.97 Å². The molecule has 0 fully saturated rings. The maximum Gasteiger partial charge on any atom is 0.187 e. The average molecular weight is 231 g/mol. The Kier molecular flexibility index (Phi) is 3.41. The Morgan fingerprint density at radius 2 is 1.88 bits per heavy atom. The van der Waals surface area contributed by atoms with Crippen molar-refractivity contribution >= 4 is 17.4 Å². The van der Waals surface area contributed by atoms with Crippen LogP contribution in [0.4, 0.5) is 5.69 Å². The molecule has 4 heteroatoms. The summed E-state index contributed by atoms with van der Waals surface area (Å²) in [5.41, 5.74) is 8.73. The van der Waals surface area contributed by atoms with Crippen molar-refractivity contribution in [1.29, 1.82) is 0 Å². The molecule has 0 unspecified atom stereocenters. The zero-order valence-electron chi connectivity index (χ0n) is 9.05. The first-order chi connectivity index (χ1) is 7.75. The minimum atomic E-state index is 0.597. The van der Waals surface area contributed by atoms with Gasteiger partial charge in [-0.05, 0) is 18.1 Å². The number of rotatable bonds is 3. The van der Waals surface area contributed by atoms with E-state index in [0.29, 0.717) is 5.69 Å². The molecule has 0 amide bonds. The lowest BCUT2D eigenvalue weighted by atomic mass is 10.1. The lowest BCUT2D eigenvalue weighted by Crippen LogP contribution is -1.92. The summed E-state index contributed by atoms with van der Waals surface area (Å²) in [4.78, 5) is 8.30. The molecule has 1 aromatic carbocycles. The van der Waals surface area contributed by atoms with Gasteiger partial charge in [0.05, 0.1) is 18.1 Å². The molecule has 0 saturated heterocycles. The average Bonchev–Trinajstić information content (AvgIpc) is 2.30. The fourth-order valence-corrected chi connectivity index (χ4v) is 2.18. The molecular formula is C12H13N3S. The fraction of sp³-hybridized carbons (Fsp3) is 0.167. The molecule has 82 valence electrons. The van der Waals surface area contributed by atoms with Crippen molar-refractivity contribution in [3.05, 3.63) is 47.8 Å². The van der Waals surface area contributed by atoms with Crippen LogP contribution < -0.4 is 5.73 Å². The summed E-state index contributed by atoms with van der Waals surface area (Å²) in [6.07, 6.45) is 3.26. The van der Waals surface area contributed by atoms with Crippen LogP contribution >= 0.6 is 11.8 Å². The molecule has 0 radical (unpaired) electrons. The molecule has 0 bridgehead atoms. The first kappa shape index (κ1) is 11.0. The molecular weight excluding hydrogens is 218 g/mol. The molecule has 0 atom stereocenters. The number of nitrogens with zero attached hydrogens (tertiary/aromatic N) is 2. The van der Waals surface area contributed by atoms with E-state index in [9.17, 15) is 0 Å². The Hall–Kier alpha value is -1.55. The minimum absolute atomic E-state index is 0.597. The van der Waals surface area contributed by atoms with E-state index in [0.717, 1.165) is 10.9 Å². The van der Waals surface area contributed by atoms with Crippen molar-refractivity contribution in [3.63, 3.8) is 0 Å². The number of hydrogen-bond donors (Lipinski definition) is 1. The van der Waals surface area contributed by atoms with Crippen molar-refractivity contribution in [2.75, 3.05) is 5.73 Å². The number of thioether (sulfide) groups is 1. The molecule has 0 aliphatic rings. The van der Waals surface area contributed by atoms with E-state index < -0.39 is 0 Å². The van der Waals surface area contributed by atoms with Gasteiger partial charge in [0.25, 0.3) is 0 Å². The first-order valence-electron chi connectivity index (χ1n) is 5.00. The Bertz CT molecular complexity index is 468. The summed E-state index contributed by atoms with van der Waals surface area (Å²) < 4.78 is 0. The van der Waals surface area contributed by atoms with Gasteiger partial charge in [-0.2, -0.15) is 0 Å². The zero-order valence-corrected chi connectivity index (χ0v) is 9.87. The number of nitrogen functional groups attached to an aromatic ring is 1. The molecule has 3 nitrogen and oxygen atoms in total. The van der Waals surface area contributed by atoms with Gasteiger partial charge in [0.15, 0.2) is 5.16 Å². The van der Waals surface area contributed by atoms with Gasteiger partial charge >= 0.3 is 0 Å². The highest BCUT2D eigenvalue weighted by Crippen LogP contribution is 2.20. The predicted molar refractivity (Wildman–Crippen MR) is 67.2 cm³/mol. The highest BCUT2D eigenvalue weighted by molar-refractivity contribution is 7.98. The maximum absolute atomic E-state index is 5.52. The Morgan fingerprint density at radius 3 is 2.56 bits per heavy atom. The lowest BCUT2D eigenvalue weighted by molar-refractivity contribution is 0.970. The van der Waals surface area contributed by atoms with E-state index >= 15 is 0 Å². The van der Waals surface area contributed by atoms with Crippen LogP contribution in [0.2, 0.25) is 0 Å². The van der Waals surface area contributed by atoms with Crippen LogP contribution in [0.3, 0.4) is 0 Å². The Labute approximate surface area is 99.1 Å². The van der Waals surface area contributed by atoms with Gasteiger partial charge in [-0.3, -0.25) is 0 Å². The molecule has 2 aromatic rings. The van der Waals surface area contributed by atoms with E-state index in [4.69, 9.17) is 5.73 Å². The molecule has 2 rings (SSSR count). The standard InChI is InChI=1S/C12H13N3S/c1-9-4-2-3-5-10(9)8-16-12-14-6-11(13)7-15-12/h2-7H,8,13H2,1H3. The first-order valence-corrected chi connectivity index (χ1v) is 5.99. The van der Waals surface area contributed by atoms with Gasteiger partial charge < -0.3 is 5.73 Å². The molecule has 16 heavy (non-hydrogen) atoms. The zero-order chi connectivity index (χ0) is 11.4. The third-order valence-electron chi connectivity index (χ3n) is 2.27. The second-order valence-electron chi connectivity index (χ2n) is 3.51. The summed E-state index contributed by atoms with van der Waals surface area (Å²) in [5.74, 6) is 0.886. The normalized spacial score (nSPS) is 10.3. The van der Waals surface area contributed by atoms with Crippen molar-refractivity contribution in [2.45, 2.75) is 17.8 Å². The Morgan fingerprint density at radius 1 is 1.19 bits per heavy atom. The summed E-state index contributed by atoms with van der Waals surface area (Å²) >= 11 is 1.62. The van der Waals surface area contributed by atoms with Crippen molar-refractivity contribution in [2.24, 2.45) is 0 Å². The molecule has 1 heterocycles. The van der Waals surface area contributed by atoms with Crippen LogP contribution in [0.25, 0.3) is 0 Å². The third kappa shape index (κ3) is 2.73. The number of aryl methyl sites for hydroxylation is 1. The van der Waals surface area contributed by atoms with Gasteiger partial charge in [0.1, 0.15) is 0 Å². The van der Waals surface area contributed by atoms with Gasteiger partial charge in [-0.25, -0.2) is 9.97 Å². The van der Waals surface area contributed by atoms with Crippen molar-refractivity contribution < 1.29 is 0 Å². The van der Waals surface area contributed by atoms with Crippen LogP contribution in [0, 0.1) is 6.92 Å². The minimum Gasteiger partial charge on any atom is -0.396 e. The van der Waals surface area contributed by atoms with Gasteiger partial charge in [0.2, 0.25) is 0 Å². The topological polar surface area (TPSA) is 51.8 Å². The number of aromatic nitrogens is 2. The number of benzene rings is 1. The van der Waals surface area contributed by atoms with Gasteiger partial charge in [-0.15, -0.1) is 0 Å². The molecule has 0 saturated carbocycles. The lowest BCUT2D eigenvalue weighted by Gasteiger charge is -2.04. The van der Waals surface area contributed by atoms with Crippen molar-refractivity contribution in [3.8, 4) is 0 Å². The second kappa shape index (κ2) is 4.99. The summed E-state index contributed by atoms with van der Waals surface area (Å²) in [5, 5.41) is 0.762. The quantitative estimate of drug-likeness (QED) is 0.651. The number of hydrogen-bond acceptors (Lipinski definition) is 4. The van der Waals surface area contributed by atoms with Gasteiger partial charge in [-0.1, -0.05) is 36.0 Å². The van der Waals surface area contributed by atoms with Gasteiger partial charge in [0, 0.05) is 5.75 Å². The molecule has 0 aliphatic heterocycles. The highest BCUT2D eigenvalue weighted by atomic mass is 32.2. The molecule has 0 aliphatic carbocycles.